The van der Waals surface area contributed by atoms with Gasteiger partial charge in [0.05, 0.1) is 18.1 Å². The molecule has 1 aromatic carbocycles. The van der Waals surface area contributed by atoms with Crippen molar-refractivity contribution < 1.29 is 9.53 Å². The fraction of sp³-hybridized carbons (Fsp3) is 0.500. The topological polar surface area (TPSA) is 64.3 Å². The van der Waals surface area contributed by atoms with E-state index < -0.39 is 0 Å². The van der Waals surface area contributed by atoms with Crippen molar-refractivity contribution in [2.24, 2.45) is 11.7 Å². The predicted molar refractivity (Wildman–Crippen MR) is 87.6 cm³/mol. The first kappa shape index (κ1) is 15.8. The minimum Gasteiger partial charge on any atom is -0.497 e. The predicted octanol–water partition coefficient (Wildman–Crippen LogP) is 2.66. The highest BCUT2D eigenvalue weighted by Crippen LogP contribution is 2.27. The van der Waals surface area contributed by atoms with Gasteiger partial charge in [0.2, 0.25) is 0 Å². The summed E-state index contributed by atoms with van der Waals surface area (Å²) >= 11 is 5.15. The monoisotopic (exact) mass is 306 g/mol. The summed E-state index contributed by atoms with van der Waals surface area (Å²) in [5, 5.41) is 2.99. The van der Waals surface area contributed by atoms with Crippen LogP contribution in [0, 0.1) is 5.92 Å². The number of amides is 1. The molecule has 0 aliphatic heterocycles. The number of thiocarbonyl (C=S) groups is 1. The van der Waals surface area contributed by atoms with Gasteiger partial charge in [-0.3, -0.25) is 4.79 Å². The largest absolute Gasteiger partial charge is 0.497 e. The van der Waals surface area contributed by atoms with Crippen LogP contribution in [0.1, 0.15) is 42.5 Å². The second-order valence-corrected chi connectivity index (χ2v) is 5.95. The summed E-state index contributed by atoms with van der Waals surface area (Å²) in [4.78, 5) is 12.8. The number of nitrogens with two attached hydrogens (primary N) is 1. The number of carbonyl (C=O) groups is 1. The van der Waals surface area contributed by atoms with Gasteiger partial charge in [0.25, 0.3) is 5.91 Å². The van der Waals surface area contributed by atoms with Crippen LogP contribution in [-0.4, -0.2) is 24.0 Å². The van der Waals surface area contributed by atoms with Crippen LogP contribution in [0.3, 0.4) is 0 Å². The van der Waals surface area contributed by atoms with E-state index in [2.05, 4.69) is 5.32 Å². The molecule has 1 aliphatic carbocycles. The van der Waals surface area contributed by atoms with Gasteiger partial charge in [0.15, 0.2) is 0 Å². The highest BCUT2D eigenvalue weighted by atomic mass is 32.1. The summed E-state index contributed by atoms with van der Waals surface area (Å²) < 4.78 is 5.14. The molecule has 21 heavy (non-hydrogen) atoms. The number of methoxy groups -OCH3 is 1. The molecule has 1 aliphatic rings. The molecule has 5 heteroatoms. The second-order valence-electron chi connectivity index (χ2n) is 5.48. The fourth-order valence-corrected chi connectivity index (χ4v) is 3.13. The van der Waals surface area contributed by atoms with Crippen LogP contribution in [0.25, 0.3) is 0 Å². The summed E-state index contributed by atoms with van der Waals surface area (Å²) in [5.74, 6) is 0.857. The molecule has 1 atom stereocenters. The molecule has 114 valence electrons. The van der Waals surface area contributed by atoms with Gasteiger partial charge in [-0.2, -0.15) is 0 Å². The zero-order chi connectivity index (χ0) is 15.2. The number of nitrogens with one attached hydrogen (secondary N) is 1. The lowest BCUT2D eigenvalue weighted by molar-refractivity contribution is 0.0931. The third-order valence-electron chi connectivity index (χ3n) is 4.05. The first-order valence-corrected chi connectivity index (χ1v) is 7.77. The Balaban J connectivity index is 2.08. The average Bonchev–Trinajstić information content (AvgIpc) is 2.53. The van der Waals surface area contributed by atoms with Gasteiger partial charge in [0, 0.05) is 5.56 Å². The van der Waals surface area contributed by atoms with E-state index in [0.29, 0.717) is 22.2 Å². The van der Waals surface area contributed by atoms with Crippen LogP contribution in [-0.2, 0) is 0 Å². The minimum atomic E-state index is -0.223. The Kier molecular flexibility index (Phi) is 5.56. The second kappa shape index (κ2) is 7.41. The van der Waals surface area contributed by atoms with Crippen LogP contribution in [0.2, 0.25) is 0 Å². The smallest absolute Gasteiger partial charge is 0.251 e. The van der Waals surface area contributed by atoms with E-state index in [0.717, 1.165) is 12.8 Å². The fourth-order valence-electron chi connectivity index (χ4n) is 2.88. The van der Waals surface area contributed by atoms with Crippen LogP contribution in [0.15, 0.2) is 24.3 Å². The standard InChI is InChI=1S/C16H22N2O2S/c1-20-13-9-5-8-12(10-13)16(19)18-14(15(17)21)11-6-3-2-4-7-11/h5,8-11,14H,2-4,6-7H2,1H3,(H2,17,21)(H,18,19). The van der Waals surface area contributed by atoms with E-state index in [1.54, 1.807) is 25.3 Å². The Morgan fingerprint density at radius 1 is 1.38 bits per heavy atom. The summed E-state index contributed by atoms with van der Waals surface area (Å²) in [7, 11) is 1.58. The zero-order valence-electron chi connectivity index (χ0n) is 12.3. The Morgan fingerprint density at radius 3 is 2.71 bits per heavy atom. The number of hydrogen-bond donors (Lipinski definition) is 2. The number of benzene rings is 1. The van der Waals surface area contributed by atoms with Crippen molar-refractivity contribution in [3.63, 3.8) is 0 Å². The minimum absolute atomic E-state index is 0.155. The maximum Gasteiger partial charge on any atom is 0.251 e. The molecule has 4 nitrogen and oxygen atoms in total. The molecule has 1 fully saturated rings. The average molecular weight is 306 g/mol. The number of rotatable bonds is 5. The zero-order valence-corrected chi connectivity index (χ0v) is 13.1. The van der Waals surface area contributed by atoms with Crippen LogP contribution < -0.4 is 15.8 Å². The van der Waals surface area contributed by atoms with Crippen LogP contribution in [0.4, 0.5) is 0 Å². The summed E-state index contributed by atoms with van der Waals surface area (Å²) in [6, 6.07) is 6.86. The molecule has 0 spiro atoms. The quantitative estimate of drug-likeness (QED) is 0.821. The number of hydrogen-bond acceptors (Lipinski definition) is 3. The van der Waals surface area contributed by atoms with Crippen molar-refractivity contribution in [2.45, 2.75) is 38.1 Å². The molecule has 0 saturated heterocycles. The van der Waals surface area contributed by atoms with Gasteiger partial charge < -0.3 is 15.8 Å². The number of carbonyl (C=O) groups excluding carboxylic acids is 1. The SMILES string of the molecule is COc1cccc(C(=O)NC(C(N)=S)C2CCCCC2)c1. The normalized spacial score (nSPS) is 17.0. The van der Waals surface area contributed by atoms with Crippen molar-refractivity contribution in [1.29, 1.82) is 0 Å². The van der Waals surface area contributed by atoms with Gasteiger partial charge >= 0.3 is 0 Å². The van der Waals surface area contributed by atoms with Crippen molar-refractivity contribution >= 4 is 23.1 Å². The Bertz CT molecular complexity index is 513. The van der Waals surface area contributed by atoms with Crippen molar-refractivity contribution in [3.05, 3.63) is 29.8 Å². The lowest BCUT2D eigenvalue weighted by Crippen LogP contribution is -2.48. The van der Waals surface area contributed by atoms with Crippen LogP contribution >= 0.6 is 12.2 Å². The molecule has 1 amide bonds. The molecule has 2 rings (SSSR count). The highest BCUT2D eigenvalue weighted by Gasteiger charge is 2.27. The molecule has 0 aromatic heterocycles. The number of ether oxygens (including phenoxy) is 1. The first-order chi connectivity index (χ1) is 10.1. The maximum absolute atomic E-state index is 12.4. The van der Waals surface area contributed by atoms with Crippen molar-refractivity contribution in [1.82, 2.24) is 5.32 Å². The molecular weight excluding hydrogens is 284 g/mol. The van der Waals surface area contributed by atoms with Gasteiger partial charge in [-0.25, -0.2) is 0 Å². The third kappa shape index (κ3) is 4.17. The van der Waals surface area contributed by atoms with E-state index in [9.17, 15) is 4.79 Å². The van der Waals surface area contributed by atoms with E-state index >= 15 is 0 Å². The summed E-state index contributed by atoms with van der Waals surface area (Å²) in [6.07, 6.45) is 5.75. The molecule has 0 bridgehead atoms. The molecular formula is C16H22N2O2S. The summed E-state index contributed by atoms with van der Waals surface area (Å²) in [5.41, 5.74) is 6.40. The molecule has 0 radical (unpaired) electrons. The molecule has 1 saturated carbocycles. The molecule has 0 heterocycles. The Labute approximate surface area is 131 Å². The van der Waals surface area contributed by atoms with Crippen molar-refractivity contribution in [2.75, 3.05) is 7.11 Å². The molecule has 1 unspecified atom stereocenters. The van der Waals surface area contributed by atoms with E-state index in [4.69, 9.17) is 22.7 Å². The summed E-state index contributed by atoms with van der Waals surface area (Å²) in [6.45, 7) is 0. The Hall–Kier alpha value is -1.62. The van der Waals surface area contributed by atoms with Gasteiger partial charge in [-0.05, 0) is 37.0 Å². The van der Waals surface area contributed by atoms with Gasteiger partial charge in [-0.1, -0.05) is 37.5 Å². The Morgan fingerprint density at radius 2 is 2.10 bits per heavy atom. The third-order valence-corrected chi connectivity index (χ3v) is 4.30. The van der Waals surface area contributed by atoms with Gasteiger partial charge in [-0.15, -0.1) is 0 Å². The van der Waals surface area contributed by atoms with Crippen LogP contribution in [0.5, 0.6) is 5.75 Å². The lowest BCUT2D eigenvalue weighted by Gasteiger charge is -2.30. The highest BCUT2D eigenvalue weighted by molar-refractivity contribution is 7.80. The maximum atomic E-state index is 12.4. The van der Waals surface area contributed by atoms with E-state index in [1.807, 2.05) is 6.07 Å². The first-order valence-electron chi connectivity index (χ1n) is 7.36. The molecule has 1 aromatic rings. The van der Waals surface area contributed by atoms with Crippen molar-refractivity contribution in [3.8, 4) is 5.75 Å². The van der Waals surface area contributed by atoms with Gasteiger partial charge in [0.1, 0.15) is 5.75 Å². The molecule has 3 N–H and O–H groups in total. The van der Waals surface area contributed by atoms with E-state index in [1.165, 1.54) is 19.3 Å². The van der Waals surface area contributed by atoms with E-state index in [-0.39, 0.29) is 11.9 Å². The lowest BCUT2D eigenvalue weighted by atomic mass is 9.83.